The Morgan fingerprint density at radius 3 is 2.17 bits per heavy atom. The topological polar surface area (TPSA) is 88.8 Å². The van der Waals surface area contributed by atoms with E-state index >= 15 is 0 Å². The van der Waals surface area contributed by atoms with Crippen molar-refractivity contribution in [1.82, 2.24) is 0 Å². The Morgan fingerprint density at radius 1 is 1.04 bits per heavy atom. The summed E-state index contributed by atoms with van der Waals surface area (Å²) in [6, 6.07) is 13.9. The highest BCUT2D eigenvalue weighted by molar-refractivity contribution is 6.30. The number of quaternary nitrogens is 1. The third kappa shape index (κ3) is 4.81. The Balaban J connectivity index is 1.93. The van der Waals surface area contributed by atoms with Gasteiger partial charge in [-0.3, -0.25) is 9.59 Å². The average Bonchev–Trinajstić information content (AvgIpc) is 2.55. The fourth-order valence-corrected chi connectivity index (χ4v) is 2.50. The Kier molecular flexibility index (Phi) is 5.95. The van der Waals surface area contributed by atoms with Crippen molar-refractivity contribution in [3.05, 3.63) is 64.7 Å². The van der Waals surface area contributed by atoms with Gasteiger partial charge in [0.05, 0.1) is 0 Å². The maximum atomic E-state index is 12.3. The molecule has 0 saturated heterocycles. The zero-order valence-corrected chi connectivity index (χ0v) is 14.4. The van der Waals surface area contributed by atoms with E-state index in [2.05, 4.69) is 5.32 Å². The average molecular weight is 347 g/mol. The molecule has 0 aromatic heterocycles. The molecule has 2 atom stereocenters. The van der Waals surface area contributed by atoms with E-state index in [1.54, 1.807) is 24.3 Å². The minimum Gasteiger partial charge on any atom is -0.366 e. The Hall–Kier alpha value is -2.37. The van der Waals surface area contributed by atoms with Gasteiger partial charge in [-0.15, -0.1) is 0 Å². The first-order chi connectivity index (χ1) is 11.4. The van der Waals surface area contributed by atoms with Gasteiger partial charge in [-0.25, -0.2) is 0 Å². The fourth-order valence-electron chi connectivity index (χ4n) is 2.37. The van der Waals surface area contributed by atoms with Gasteiger partial charge in [-0.05, 0) is 50.2 Å². The summed E-state index contributed by atoms with van der Waals surface area (Å²) in [6.45, 7) is 3.88. The lowest BCUT2D eigenvalue weighted by molar-refractivity contribution is -0.709. The zero-order valence-electron chi connectivity index (χ0n) is 13.6. The van der Waals surface area contributed by atoms with E-state index in [4.69, 9.17) is 17.3 Å². The molecule has 0 spiro atoms. The van der Waals surface area contributed by atoms with Crippen LogP contribution in [0, 0.1) is 0 Å². The number of benzene rings is 2. The van der Waals surface area contributed by atoms with Crippen LogP contribution < -0.4 is 16.4 Å². The molecule has 2 rings (SSSR count). The van der Waals surface area contributed by atoms with E-state index in [1.165, 1.54) is 0 Å². The number of anilines is 1. The fraction of sp³-hybridized carbons (Fsp3) is 0.222. The highest BCUT2D eigenvalue weighted by Crippen LogP contribution is 2.14. The van der Waals surface area contributed by atoms with Gasteiger partial charge in [0.2, 0.25) is 5.91 Å². The smallest absolute Gasteiger partial charge is 0.282 e. The summed E-state index contributed by atoms with van der Waals surface area (Å²) in [6.07, 6.45) is 0. The van der Waals surface area contributed by atoms with Crippen molar-refractivity contribution in [2.75, 3.05) is 5.32 Å². The van der Waals surface area contributed by atoms with Crippen molar-refractivity contribution in [3.63, 3.8) is 0 Å². The lowest BCUT2D eigenvalue weighted by Gasteiger charge is -2.17. The number of amides is 2. The van der Waals surface area contributed by atoms with Crippen LogP contribution in [0.2, 0.25) is 5.02 Å². The molecular weight excluding hydrogens is 326 g/mol. The van der Waals surface area contributed by atoms with Crippen LogP contribution in [0.15, 0.2) is 48.5 Å². The monoisotopic (exact) mass is 346 g/mol. The van der Waals surface area contributed by atoms with Crippen LogP contribution in [0.25, 0.3) is 0 Å². The maximum absolute atomic E-state index is 12.3. The van der Waals surface area contributed by atoms with Gasteiger partial charge in [-0.2, -0.15) is 0 Å². The number of hydrogen-bond acceptors (Lipinski definition) is 2. The van der Waals surface area contributed by atoms with Crippen LogP contribution in [0.3, 0.4) is 0 Å². The second-order valence-electron chi connectivity index (χ2n) is 5.75. The first kappa shape index (κ1) is 18.0. The van der Waals surface area contributed by atoms with Crippen LogP contribution in [-0.4, -0.2) is 17.9 Å². The lowest BCUT2D eigenvalue weighted by Crippen LogP contribution is -2.91. The molecule has 2 aromatic carbocycles. The number of hydrogen-bond donors (Lipinski definition) is 3. The Morgan fingerprint density at radius 2 is 1.62 bits per heavy atom. The number of rotatable bonds is 6. The predicted octanol–water partition coefficient (Wildman–Crippen LogP) is 2.09. The molecule has 0 radical (unpaired) electrons. The van der Waals surface area contributed by atoms with E-state index < -0.39 is 5.91 Å². The molecule has 0 aliphatic rings. The molecule has 0 aliphatic carbocycles. The van der Waals surface area contributed by atoms with Crippen LogP contribution in [-0.2, 0) is 4.79 Å². The molecule has 0 aliphatic heterocycles. The van der Waals surface area contributed by atoms with E-state index in [9.17, 15) is 9.59 Å². The molecule has 126 valence electrons. The number of nitrogens with one attached hydrogen (secondary N) is 1. The van der Waals surface area contributed by atoms with Crippen LogP contribution in [0.5, 0.6) is 0 Å². The van der Waals surface area contributed by atoms with Gasteiger partial charge in [0, 0.05) is 21.8 Å². The maximum Gasteiger partial charge on any atom is 0.282 e. The van der Waals surface area contributed by atoms with E-state index in [-0.39, 0.29) is 18.0 Å². The molecule has 5 N–H and O–H groups in total. The lowest BCUT2D eigenvalue weighted by atomic mass is 10.1. The molecule has 2 aromatic rings. The van der Waals surface area contributed by atoms with Crippen molar-refractivity contribution < 1.29 is 14.9 Å². The largest absolute Gasteiger partial charge is 0.366 e. The third-order valence-corrected chi connectivity index (χ3v) is 4.08. The molecule has 2 amide bonds. The van der Waals surface area contributed by atoms with Crippen LogP contribution in [0.4, 0.5) is 5.69 Å². The summed E-state index contributed by atoms with van der Waals surface area (Å²) in [7, 11) is 0. The highest BCUT2D eigenvalue weighted by Gasteiger charge is 2.20. The molecule has 6 heteroatoms. The summed E-state index contributed by atoms with van der Waals surface area (Å²) in [5.41, 5.74) is 7.33. The van der Waals surface area contributed by atoms with Gasteiger partial charge in [0.15, 0.2) is 6.04 Å². The van der Waals surface area contributed by atoms with Crippen molar-refractivity contribution in [2.45, 2.75) is 25.9 Å². The van der Waals surface area contributed by atoms with E-state index in [0.29, 0.717) is 16.3 Å². The summed E-state index contributed by atoms with van der Waals surface area (Å²) >= 11 is 5.89. The van der Waals surface area contributed by atoms with Gasteiger partial charge < -0.3 is 16.4 Å². The molecular formula is C18H21ClN3O2+. The van der Waals surface area contributed by atoms with Crippen molar-refractivity contribution in [1.29, 1.82) is 0 Å². The van der Waals surface area contributed by atoms with Gasteiger partial charge in [-0.1, -0.05) is 23.7 Å². The molecule has 0 unspecified atom stereocenters. The number of primary amides is 1. The second-order valence-corrected chi connectivity index (χ2v) is 6.19. The van der Waals surface area contributed by atoms with Crippen molar-refractivity contribution in [3.8, 4) is 0 Å². The van der Waals surface area contributed by atoms with Crippen LogP contribution in [0.1, 0.15) is 35.8 Å². The van der Waals surface area contributed by atoms with Gasteiger partial charge >= 0.3 is 0 Å². The minimum atomic E-state index is -0.494. The quantitative estimate of drug-likeness (QED) is 0.747. The minimum absolute atomic E-state index is 0.109. The van der Waals surface area contributed by atoms with Crippen LogP contribution >= 0.6 is 11.6 Å². The molecule has 5 nitrogen and oxygen atoms in total. The molecule has 24 heavy (non-hydrogen) atoms. The molecule has 0 bridgehead atoms. The second kappa shape index (κ2) is 7.95. The molecule has 0 fully saturated rings. The molecule has 0 saturated carbocycles. The van der Waals surface area contributed by atoms with Gasteiger partial charge in [0.1, 0.15) is 6.04 Å². The number of carbonyl (C=O) groups excluding carboxylic acids is 2. The summed E-state index contributed by atoms with van der Waals surface area (Å²) < 4.78 is 0. The number of nitrogens with two attached hydrogens (primary N) is 2. The first-order valence-corrected chi connectivity index (χ1v) is 8.06. The third-order valence-electron chi connectivity index (χ3n) is 3.82. The number of halogens is 1. The van der Waals surface area contributed by atoms with Crippen molar-refractivity contribution >= 4 is 29.1 Å². The summed E-state index contributed by atoms with van der Waals surface area (Å²) in [5, 5.41) is 5.50. The van der Waals surface area contributed by atoms with Crippen molar-refractivity contribution in [2.24, 2.45) is 5.73 Å². The van der Waals surface area contributed by atoms with E-state index in [1.807, 2.05) is 43.4 Å². The van der Waals surface area contributed by atoms with E-state index in [0.717, 1.165) is 5.56 Å². The molecule has 0 heterocycles. The SMILES string of the molecule is C[C@@H]([NH2+][C@H](C)c1ccc(Cl)cc1)C(=O)Nc1ccc(C(N)=O)cc1. The Labute approximate surface area is 146 Å². The highest BCUT2D eigenvalue weighted by atomic mass is 35.5. The number of carbonyl (C=O) groups is 2. The predicted molar refractivity (Wildman–Crippen MR) is 94.8 cm³/mol. The first-order valence-electron chi connectivity index (χ1n) is 7.68. The summed E-state index contributed by atoms with van der Waals surface area (Å²) in [5.74, 6) is -0.603. The zero-order chi connectivity index (χ0) is 17.7. The summed E-state index contributed by atoms with van der Waals surface area (Å²) in [4.78, 5) is 23.3. The van der Waals surface area contributed by atoms with Gasteiger partial charge in [0.25, 0.3) is 5.91 Å². The normalized spacial score (nSPS) is 13.1. The standard InChI is InChI=1S/C18H20ClN3O2/c1-11(13-3-7-15(19)8-4-13)21-12(2)18(24)22-16-9-5-14(6-10-16)17(20)23/h3-12,21H,1-2H3,(H2,20,23)(H,22,24)/p+1/t11-,12-/m1/s1. The Bertz CT molecular complexity index is 714.